The Kier molecular flexibility index (Phi) is 9.86. The summed E-state index contributed by atoms with van der Waals surface area (Å²) in [5, 5.41) is 24.0. The second-order valence-corrected chi connectivity index (χ2v) is 11.9. The number of halogens is 3. The van der Waals surface area contributed by atoms with E-state index in [4.69, 9.17) is 4.74 Å². The van der Waals surface area contributed by atoms with E-state index in [-0.39, 0.29) is 12.2 Å². The van der Waals surface area contributed by atoms with Gasteiger partial charge < -0.3 is 24.3 Å². The van der Waals surface area contributed by atoms with E-state index < -0.39 is 29.1 Å². The number of nitriles is 1. The highest BCUT2D eigenvalue weighted by molar-refractivity contribution is 5.82. The molecule has 0 aliphatic rings. The zero-order valence-corrected chi connectivity index (χ0v) is 26.6. The third kappa shape index (κ3) is 7.74. The molecule has 2 aromatic heterocycles. The van der Waals surface area contributed by atoms with E-state index >= 15 is 0 Å². The molecule has 0 spiro atoms. The van der Waals surface area contributed by atoms with E-state index in [0.717, 1.165) is 46.6 Å². The second-order valence-electron chi connectivity index (χ2n) is 11.9. The maximum atomic E-state index is 14.0. The first kappa shape index (κ1) is 33.5. The van der Waals surface area contributed by atoms with E-state index in [1.165, 1.54) is 10.6 Å². The van der Waals surface area contributed by atoms with Gasteiger partial charge in [-0.25, -0.2) is 0 Å². The molecule has 1 unspecified atom stereocenters. The Morgan fingerprint density at radius 2 is 1.74 bits per heavy atom. The van der Waals surface area contributed by atoms with Gasteiger partial charge in [0, 0.05) is 10.9 Å². The minimum absolute atomic E-state index is 0.00961. The van der Waals surface area contributed by atoms with Crippen LogP contribution in [0.15, 0.2) is 77.6 Å². The lowest BCUT2D eigenvalue weighted by atomic mass is 10.0. The number of rotatable bonds is 11. The first-order chi connectivity index (χ1) is 22.3. The Hall–Kier alpha value is -4.89. The van der Waals surface area contributed by atoms with E-state index in [9.17, 15) is 28.3 Å². The number of hydrogen-bond acceptors (Lipinski definition) is 6. The van der Waals surface area contributed by atoms with Crippen molar-refractivity contribution in [3.8, 4) is 28.8 Å². The van der Waals surface area contributed by atoms with Crippen molar-refractivity contribution in [1.82, 2.24) is 19.8 Å². The van der Waals surface area contributed by atoms with Crippen LogP contribution in [-0.2, 0) is 12.7 Å². The Bertz CT molecular complexity index is 1990. The van der Waals surface area contributed by atoms with E-state index in [0.29, 0.717) is 29.3 Å². The fourth-order valence-electron chi connectivity index (χ4n) is 5.49. The molecule has 47 heavy (non-hydrogen) atoms. The highest BCUT2D eigenvalue weighted by atomic mass is 19.4. The summed E-state index contributed by atoms with van der Waals surface area (Å²) in [6.45, 7) is 5.34. The Morgan fingerprint density at radius 1 is 1.02 bits per heavy atom. The van der Waals surface area contributed by atoms with Gasteiger partial charge in [-0.15, -0.1) is 0 Å². The minimum Gasteiger partial charge on any atom is -0.457 e. The molecule has 2 heterocycles. The highest BCUT2D eigenvalue weighted by Crippen LogP contribution is 2.35. The molecule has 0 fully saturated rings. The number of aliphatic hydroxyl groups excluding tert-OH is 1. The number of aromatic nitrogens is 2. The van der Waals surface area contributed by atoms with Gasteiger partial charge >= 0.3 is 6.18 Å². The summed E-state index contributed by atoms with van der Waals surface area (Å²) < 4.78 is 49.3. The first-order valence-electron chi connectivity index (χ1n) is 15.1. The lowest BCUT2D eigenvalue weighted by Gasteiger charge is -2.19. The van der Waals surface area contributed by atoms with Crippen molar-refractivity contribution >= 4 is 10.9 Å². The largest absolute Gasteiger partial charge is 0.457 e. The van der Waals surface area contributed by atoms with Crippen molar-refractivity contribution in [2.24, 2.45) is 0 Å². The van der Waals surface area contributed by atoms with Crippen LogP contribution in [0, 0.1) is 25.2 Å². The number of aryl methyl sites for hydroxylation is 2. The van der Waals surface area contributed by atoms with Gasteiger partial charge in [0.2, 0.25) is 0 Å². The zero-order valence-electron chi connectivity index (χ0n) is 26.6. The minimum atomic E-state index is -4.89. The Morgan fingerprint density at radius 3 is 2.40 bits per heavy atom. The van der Waals surface area contributed by atoms with E-state index in [2.05, 4.69) is 15.2 Å². The van der Waals surface area contributed by atoms with Crippen LogP contribution in [0.2, 0.25) is 0 Å². The summed E-state index contributed by atoms with van der Waals surface area (Å²) in [4.78, 5) is 18.7. The van der Waals surface area contributed by atoms with Crippen LogP contribution < -0.4 is 15.6 Å². The van der Waals surface area contributed by atoms with Gasteiger partial charge in [0.15, 0.2) is 0 Å². The lowest BCUT2D eigenvalue weighted by molar-refractivity contribution is -0.137. The number of nitrogens with one attached hydrogen (secondary N) is 2. The van der Waals surface area contributed by atoms with Crippen LogP contribution in [0.1, 0.15) is 46.2 Å². The average molecular weight is 644 g/mol. The molecule has 0 radical (unpaired) electrons. The van der Waals surface area contributed by atoms with E-state index in [1.54, 1.807) is 30.3 Å². The molecule has 244 valence electrons. The first-order valence-corrected chi connectivity index (χ1v) is 15.1. The van der Waals surface area contributed by atoms with Crippen LogP contribution >= 0.6 is 0 Å². The molecule has 3 N–H and O–H groups in total. The number of ether oxygens (including phenoxy) is 1. The predicted molar refractivity (Wildman–Crippen MR) is 175 cm³/mol. The van der Waals surface area contributed by atoms with Gasteiger partial charge in [0.25, 0.3) is 5.56 Å². The van der Waals surface area contributed by atoms with Crippen molar-refractivity contribution in [2.45, 2.75) is 39.2 Å². The maximum absolute atomic E-state index is 14.0. The van der Waals surface area contributed by atoms with Gasteiger partial charge in [-0.2, -0.15) is 18.4 Å². The standard InChI is InChI=1S/C36H36F3N5O3/c1-22-6-7-25(23(2)16-22)21-44-33(19-30(36(37,38)39)29(20-40)35(44)46)24-8-10-27(11-9-24)47-28-12-13-31-26(17-28)18-32(42-31)34(45)41-14-5-15-43(3)4/h6-13,16-19,34,41-42,45H,5,14-15,21H2,1-4H3. The van der Waals surface area contributed by atoms with Crippen molar-refractivity contribution < 1.29 is 23.0 Å². The summed E-state index contributed by atoms with van der Waals surface area (Å²) in [6, 6.07) is 21.6. The van der Waals surface area contributed by atoms with Crippen LogP contribution in [0.4, 0.5) is 13.2 Å². The molecule has 3 aromatic carbocycles. The van der Waals surface area contributed by atoms with Gasteiger partial charge in [-0.1, -0.05) is 23.8 Å². The average Bonchev–Trinajstić information content (AvgIpc) is 3.45. The number of benzene rings is 3. The number of nitrogens with zero attached hydrogens (tertiary/aromatic N) is 3. The molecule has 8 nitrogen and oxygen atoms in total. The molecule has 5 rings (SSSR count). The Labute approximate surface area is 270 Å². The summed E-state index contributed by atoms with van der Waals surface area (Å²) >= 11 is 0. The predicted octanol–water partition coefficient (Wildman–Crippen LogP) is 6.88. The normalized spacial score (nSPS) is 12.4. The van der Waals surface area contributed by atoms with Crippen molar-refractivity contribution in [3.05, 3.63) is 117 Å². The molecule has 11 heteroatoms. The van der Waals surface area contributed by atoms with E-state index in [1.807, 2.05) is 64.3 Å². The van der Waals surface area contributed by atoms with Gasteiger partial charge in [-0.3, -0.25) is 10.1 Å². The molecular formula is C36H36F3N5O3. The number of alkyl halides is 3. The molecule has 0 amide bonds. The fourth-order valence-corrected chi connectivity index (χ4v) is 5.49. The van der Waals surface area contributed by atoms with Crippen molar-refractivity contribution in [2.75, 3.05) is 27.2 Å². The van der Waals surface area contributed by atoms with Crippen LogP contribution in [0.5, 0.6) is 11.5 Å². The molecule has 0 saturated carbocycles. The molecule has 1 atom stereocenters. The fraction of sp³-hybridized carbons (Fsp3) is 0.278. The number of aromatic amines is 1. The quantitative estimate of drug-likeness (QED) is 0.107. The number of pyridine rings is 1. The molecule has 5 aromatic rings. The monoisotopic (exact) mass is 643 g/mol. The second kappa shape index (κ2) is 13.8. The summed E-state index contributed by atoms with van der Waals surface area (Å²) in [7, 11) is 3.99. The molecular weight excluding hydrogens is 607 g/mol. The number of fused-ring (bicyclic) bond motifs is 1. The molecule has 0 bridgehead atoms. The molecule has 0 aliphatic carbocycles. The summed E-state index contributed by atoms with van der Waals surface area (Å²) in [5.74, 6) is 0.952. The lowest BCUT2D eigenvalue weighted by Crippen LogP contribution is -2.29. The summed E-state index contributed by atoms with van der Waals surface area (Å²) in [5.41, 5.74) is 1.24. The van der Waals surface area contributed by atoms with Gasteiger partial charge in [-0.05, 0) is 119 Å². The van der Waals surface area contributed by atoms with Crippen molar-refractivity contribution in [3.63, 3.8) is 0 Å². The highest BCUT2D eigenvalue weighted by Gasteiger charge is 2.36. The van der Waals surface area contributed by atoms with Crippen LogP contribution in [0.3, 0.4) is 0 Å². The van der Waals surface area contributed by atoms with Crippen LogP contribution in [-0.4, -0.2) is 46.7 Å². The van der Waals surface area contributed by atoms with Crippen molar-refractivity contribution in [1.29, 1.82) is 5.26 Å². The zero-order chi connectivity index (χ0) is 33.9. The summed E-state index contributed by atoms with van der Waals surface area (Å²) in [6.07, 6.45) is -4.86. The topological polar surface area (TPSA) is 106 Å². The van der Waals surface area contributed by atoms with Gasteiger partial charge in [0.1, 0.15) is 29.4 Å². The maximum Gasteiger partial charge on any atom is 0.417 e. The SMILES string of the molecule is Cc1ccc(Cn2c(-c3ccc(Oc4ccc5[nH]c(C(O)NCCCN(C)C)cc5c4)cc3)cc(C(F)(F)F)c(C#N)c2=O)c(C)c1. The number of hydrogen-bond donors (Lipinski definition) is 3. The third-order valence-corrected chi connectivity index (χ3v) is 7.96. The molecule has 0 saturated heterocycles. The number of H-pyrrole nitrogens is 1. The third-order valence-electron chi connectivity index (χ3n) is 7.96. The van der Waals surface area contributed by atoms with Crippen LogP contribution in [0.25, 0.3) is 22.2 Å². The van der Waals surface area contributed by atoms with Gasteiger partial charge in [0.05, 0.1) is 23.5 Å². The Balaban J connectivity index is 1.41. The smallest absolute Gasteiger partial charge is 0.417 e. The number of aliphatic hydroxyl groups is 1. The molecule has 0 aliphatic heterocycles.